The van der Waals surface area contributed by atoms with Crippen molar-refractivity contribution in [2.75, 3.05) is 17.1 Å². The van der Waals surface area contributed by atoms with Gasteiger partial charge in [0.05, 0.1) is 11.9 Å². The number of anilines is 1. The van der Waals surface area contributed by atoms with Crippen molar-refractivity contribution in [2.45, 2.75) is 77.9 Å². The highest BCUT2D eigenvalue weighted by Gasteiger charge is 2.34. The van der Waals surface area contributed by atoms with Crippen molar-refractivity contribution < 1.29 is 18.0 Å². The number of amides is 2. The van der Waals surface area contributed by atoms with E-state index < -0.39 is 28.5 Å². The zero-order valence-corrected chi connectivity index (χ0v) is 26.0. The van der Waals surface area contributed by atoms with E-state index in [1.165, 1.54) is 0 Å². The fourth-order valence-corrected chi connectivity index (χ4v) is 6.58. The van der Waals surface area contributed by atoms with Crippen LogP contribution in [0.15, 0.2) is 72.8 Å². The van der Waals surface area contributed by atoms with Crippen LogP contribution in [0.3, 0.4) is 0 Å². The minimum Gasteiger partial charge on any atom is -0.352 e. The Bertz CT molecular complexity index is 1470. The summed E-state index contributed by atoms with van der Waals surface area (Å²) in [5, 5.41) is 3.24. The molecule has 224 valence electrons. The van der Waals surface area contributed by atoms with Gasteiger partial charge in [0.1, 0.15) is 12.6 Å². The lowest BCUT2D eigenvalue weighted by Crippen LogP contribution is -2.55. The Kier molecular flexibility index (Phi) is 10.4. The number of nitrogens with one attached hydrogen (secondary N) is 1. The third-order valence-electron chi connectivity index (χ3n) is 8.00. The van der Waals surface area contributed by atoms with E-state index in [2.05, 4.69) is 5.32 Å². The molecule has 42 heavy (non-hydrogen) atoms. The Hall–Kier alpha value is -3.65. The van der Waals surface area contributed by atoms with Gasteiger partial charge in [0.25, 0.3) is 0 Å². The number of benzene rings is 3. The molecule has 3 aromatic carbocycles. The highest BCUT2D eigenvalue weighted by atomic mass is 32.2. The molecule has 0 aliphatic heterocycles. The number of sulfonamides is 1. The van der Waals surface area contributed by atoms with Crippen LogP contribution in [0.4, 0.5) is 5.69 Å². The molecule has 1 aliphatic carbocycles. The summed E-state index contributed by atoms with van der Waals surface area (Å²) in [4.78, 5) is 29.9. The van der Waals surface area contributed by atoms with Crippen molar-refractivity contribution in [3.05, 3.63) is 101 Å². The summed E-state index contributed by atoms with van der Waals surface area (Å²) in [5.41, 5.74) is 5.10. The molecule has 1 unspecified atom stereocenters. The number of hydrogen-bond acceptors (Lipinski definition) is 4. The zero-order chi connectivity index (χ0) is 30.3. The lowest BCUT2D eigenvalue weighted by molar-refractivity contribution is -0.140. The van der Waals surface area contributed by atoms with Crippen LogP contribution in [0.2, 0.25) is 0 Å². The van der Waals surface area contributed by atoms with Crippen LogP contribution in [0, 0.1) is 20.8 Å². The van der Waals surface area contributed by atoms with Gasteiger partial charge in [-0.2, -0.15) is 0 Å². The first-order valence-corrected chi connectivity index (χ1v) is 16.6. The van der Waals surface area contributed by atoms with E-state index >= 15 is 0 Å². The molecular weight excluding hydrogens is 546 g/mol. The summed E-state index contributed by atoms with van der Waals surface area (Å²) in [7, 11) is -3.80. The number of carbonyl (C=O) groups excluding carboxylic acids is 2. The van der Waals surface area contributed by atoms with Crippen LogP contribution in [0.5, 0.6) is 0 Å². The molecule has 2 amide bonds. The maximum Gasteiger partial charge on any atom is 0.244 e. The molecule has 3 aromatic rings. The highest BCUT2D eigenvalue weighted by molar-refractivity contribution is 7.92. The normalized spacial score (nSPS) is 14.7. The minimum atomic E-state index is -3.80. The molecular formula is C34H43N3O4S. The van der Waals surface area contributed by atoms with Crippen LogP contribution in [-0.2, 0) is 32.6 Å². The molecule has 1 saturated carbocycles. The molecule has 0 aromatic heterocycles. The van der Waals surface area contributed by atoms with Crippen molar-refractivity contribution in [3.63, 3.8) is 0 Å². The van der Waals surface area contributed by atoms with E-state index in [0.29, 0.717) is 12.1 Å². The van der Waals surface area contributed by atoms with Gasteiger partial charge in [-0.3, -0.25) is 13.9 Å². The molecule has 1 aliphatic rings. The van der Waals surface area contributed by atoms with Crippen molar-refractivity contribution in [3.8, 4) is 0 Å². The van der Waals surface area contributed by atoms with Gasteiger partial charge in [0.2, 0.25) is 21.8 Å². The third kappa shape index (κ3) is 8.44. The second kappa shape index (κ2) is 14.0. The van der Waals surface area contributed by atoms with Gasteiger partial charge >= 0.3 is 0 Å². The summed E-state index contributed by atoms with van der Waals surface area (Å²) in [6.07, 6.45) is 6.58. The molecule has 0 saturated heterocycles. The first-order chi connectivity index (χ1) is 20.0. The van der Waals surface area contributed by atoms with Gasteiger partial charge in [-0.25, -0.2) is 8.42 Å². The van der Waals surface area contributed by atoms with Gasteiger partial charge in [0, 0.05) is 19.0 Å². The molecule has 1 N–H and O–H groups in total. The van der Waals surface area contributed by atoms with E-state index in [1.807, 2.05) is 87.5 Å². The maximum atomic E-state index is 14.3. The lowest BCUT2D eigenvalue weighted by Gasteiger charge is -2.35. The Morgan fingerprint density at radius 3 is 2.12 bits per heavy atom. The summed E-state index contributed by atoms with van der Waals surface area (Å²) in [6.45, 7) is 5.55. The number of rotatable bonds is 11. The molecule has 0 heterocycles. The van der Waals surface area contributed by atoms with Crippen LogP contribution in [-0.4, -0.2) is 50.0 Å². The average molecular weight is 590 g/mol. The number of aryl methyl sites for hydroxylation is 3. The SMILES string of the molecule is Cc1ccc(CN(C(=O)CN(c2ccc(C)cc2C)S(C)(=O)=O)C(Cc2ccccc2)C(=O)NC2CCCCC2)cc1. The van der Waals surface area contributed by atoms with Crippen LogP contribution >= 0.6 is 0 Å². The summed E-state index contributed by atoms with van der Waals surface area (Å²) in [5.74, 6) is -0.635. The quantitative estimate of drug-likeness (QED) is 0.322. The molecule has 1 atom stereocenters. The third-order valence-corrected chi connectivity index (χ3v) is 9.12. The minimum absolute atomic E-state index is 0.0728. The molecule has 0 spiro atoms. The summed E-state index contributed by atoms with van der Waals surface area (Å²) in [6, 6.07) is 22.3. The summed E-state index contributed by atoms with van der Waals surface area (Å²) < 4.78 is 27.3. The standard InChI is InChI=1S/C34H43N3O4S/c1-25-15-18-29(19-16-25)23-36(33(38)24-37(42(4,40)41)31-20-17-26(2)21-27(31)3)32(22-28-11-7-5-8-12-28)34(39)35-30-13-9-6-10-14-30/h5,7-8,11-12,15-21,30,32H,6,9-10,13-14,22-24H2,1-4H3,(H,35,39). The van der Waals surface area contributed by atoms with E-state index in [0.717, 1.165) is 70.5 Å². The van der Waals surface area contributed by atoms with E-state index in [9.17, 15) is 18.0 Å². The molecule has 0 radical (unpaired) electrons. The van der Waals surface area contributed by atoms with E-state index in [4.69, 9.17) is 0 Å². The fraction of sp³-hybridized carbons (Fsp3) is 0.412. The van der Waals surface area contributed by atoms with Crippen LogP contribution in [0.1, 0.15) is 59.9 Å². The summed E-state index contributed by atoms with van der Waals surface area (Å²) >= 11 is 0. The Morgan fingerprint density at radius 2 is 1.50 bits per heavy atom. The van der Waals surface area contributed by atoms with Crippen molar-refractivity contribution in [2.24, 2.45) is 0 Å². The molecule has 0 bridgehead atoms. The zero-order valence-electron chi connectivity index (χ0n) is 25.2. The van der Waals surface area contributed by atoms with Gasteiger partial charge in [-0.15, -0.1) is 0 Å². The van der Waals surface area contributed by atoms with E-state index in [-0.39, 0.29) is 18.5 Å². The Labute approximate surface area is 251 Å². The van der Waals surface area contributed by atoms with E-state index in [1.54, 1.807) is 11.0 Å². The maximum absolute atomic E-state index is 14.3. The van der Waals surface area contributed by atoms with Gasteiger partial charge in [0.15, 0.2) is 0 Å². The molecule has 8 heteroatoms. The lowest BCUT2D eigenvalue weighted by atomic mass is 9.94. The van der Waals surface area contributed by atoms with Crippen molar-refractivity contribution in [1.82, 2.24) is 10.2 Å². The Balaban J connectivity index is 1.73. The molecule has 1 fully saturated rings. The molecule has 4 rings (SSSR count). The van der Waals surface area contributed by atoms with Gasteiger partial charge < -0.3 is 10.2 Å². The first-order valence-electron chi connectivity index (χ1n) is 14.8. The predicted molar refractivity (Wildman–Crippen MR) is 169 cm³/mol. The number of nitrogens with zero attached hydrogens (tertiary/aromatic N) is 2. The van der Waals surface area contributed by atoms with Gasteiger partial charge in [-0.05, 0) is 56.4 Å². The van der Waals surface area contributed by atoms with Crippen LogP contribution in [0.25, 0.3) is 0 Å². The Morgan fingerprint density at radius 1 is 0.857 bits per heavy atom. The van der Waals surface area contributed by atoms with Crippen LogP contribution < -0.4 is 9.62 Å². The smallest absolute Gasteiger partial charge is 0.244 e. The van der Waals surface area contributed by atoms with Crippen molar-refractivity contribution in [1.29, 1.82) is 0 Å². The van der Waals surface area contributed by atoms with Crippen molar-refractivity contribution >= 4 is 27.5 Å². The fourth-order valence-electron chi connectivity index (χ4n) is 5.67. The predicted octanol–water partition coefficient (Wildman–Crippen LogP) is 5.47. The van der Waals surface area contributed by atoms with Gasteiger partial charge in [-0.1, -0.05) is 97.1 Å². The largest absolute Gasteiger partial charge is 0.352 e. The second-order valence-corrected chi connectivity index (χ2v) is 13.5. The highest BCUT2D eigenvalue weighted by Crippen LogP contribution is 2.25. The number of hydrogen-bond donors (Lipinski definition) is 1. The average Bonchev–Trinajstić information content (AvgIpc) is 2.95. The second-order valence-electron chi connectivity index (χ2n) is 11.6. The topological polar surface area (TPSA) is 86.8 Å². The molecule has 7 nitrogen and oxygen atoms in total. The number of carbonyl (C=O) groups is 2. The monoisotopic (exact) mass is 589 g/mol. The first kappa shape index (κ1) is 31.3.